The van der Waals surface area contributed by atoms with Gasteiger partial charge in [-0.3, -0.25) is 9.78 Å². The first kappa shape index (κ1) is 22.6. The van der Waals surface area contributed by atoms with Crippen molar-refractivity contribution in [3.05, 3.63) is 45.9 Å². The molecule has 35 heavy (non-hydrogen) atoms. The zero-order chi connectivity index (χ0) is 24.1. The quantitative estimate of drug-likeness (QED) is 0.582. The van der Waals surface area contributed by atoms with Gasteiger partial charge in [0.1, 0.15) is 5.75 Å². The Morgan fingerprint density at radius 2 is 2.03 bits per heavy atom. The predicted molar refractivity (Wildman–Crippen MR) is 136 cm³/mol. The molecule has 182 valence electrons. The molecule has 0 aliphatic carbocycles. The van der Waals surface area contributed by atoms with Crippen LogP contribution in [0.2, 0.25) is 5.02 Å². The smallest absolute Gasteiger partial charge is 0.320 e. The largest absolute Gasteiger partial charge is 0.479 e. The Labute approximate surface area is 212 Å². The standard InChI is InChI=1S/C25H26ClN5O3S/c1-29-8-9-31(25(29)33)14-17-13-20-23(35-17)18(2-3-28-20)19-12-16(26)10-15-11-21(34-22(15)19)24(32)30-6-4-27-5-7-30/h2-3,10,12-13,21,27H,4-9,11,14H2,1H3. The summed E-state index contributed by atoms with van der Waals surface area (Å²) in [6.07, 6.45) is 1.77. The molecule has 2 aromatic heterocycles. The number of halogens is 1. The molecule has 1 unspecified atom stereocenters. The van der Waals surface area contributed by atoms with Crippen LogP contribution in [0.25, 0.3) is 21.3 Å². The first-order valence-electron chi connectivity index (χ1n) is 11.8. The second-order valence-electron chi connectivity index (χ2n) is 9.24. The van der Waals surface area contributed by atoms with E-state index in [9.17, 15) is 9.59 Å². The number of thiophene rings is 1. The van der Waals surface area contributed by atoms with Gasteiger partial charge in [0.05, 0.1) is 16.8 Å². The van der Waals surface area contributed by atoms with Gasteiger partial charge in [0.25, 0.3) is 5.91 Å². The number of urea groups is 1. The highest BCUT2D eigenvalue weighted by atomic mass is 35.5. The minimum Gasteiger partial charge on any atom is -0.479 e. The first-order chi connectivity index (χ1) is 17.0. The lowest BCUT2D eigenvalue weighted by Crippen LogP contribution is -2.50. The van der Waals surface area contributed by atoms with Gasteiger partial charge >= 0.3 is 6.03 Å². The fourth-order valence-corrected chi connectivity index (χ4v) is 6.47. The van der Waals surface area contributed by atoms with E-state index in [0.29, 0.717) is 31.1 Å². The molecule has 8 nitrogen and oxygen atoms in total. The van der Waals surface area contributed by atoms with E-state index >= 15 is 0 Å². The van der Waals surface area contributed by atoms with E-state index in [1.165, 1.54) is 0 Å². The van der Waals surface area contributed by atoms with Crippen LogP contribution in [0, 0.1) is 0 Å². The topological polar surface area (TPSA) is 78.0 Å². The van der Waals surface area contributed by atoms with Crippen molar-refractivity contribution in [2.45, 2.75) is 19.1 Å². The normalized spacial score (nSPS) is 20.0. The third-order valence-corrected chi connectivity index (χ3v) is 8.26. The molecule has 5 heterocycles. The molecule has 0 bridgehead atoms. The number of hydrogen-bond acceptors (Lipinski definition) is 6. The molecule has 0 spiro atoms. The number of aromatic nitrogens is 1. The number of benzene rings is 1. The van der Waals surface area contributed by atoms with Gasteiger partial charge < -0.3 is 24.8 Å². The Bertz CT molecular complexity index is 1320. The van der Waals surface area contributed by atoms with E-state index in [1.807, 2.05) is 35.0 Å². The lowest BCUT2D eigenvalue weighted by atomic mass is 10.0. The van der Waals surface area contributed by atoms with Gasteiger partial charge in [-0.05, 0) is 24.3 Å². The summed E-state index contributed by atoms with van der Waals surface area (Å²) in [5.41, 5.74) is 3.68. The number of amides is 3. The van der Waals surface area contributed by atoms with Crippen LogP contribution in [-0.4, -0.2) is 84.0 Å². The number of piperazine rings is 1. The molecule has 3 aliphatic heterocycles. The first-order valence-corrected chi connectivity index (χ1v) is 13.0. The van der Waals surface area contributed by atoms with E-state index < -0.39 is 6.10 Å². The van der Waals surface area contributed by atoms with E-state index in [2.05, 4.69) is 16.4 Å². The minimum absolute atomic E-state index is 0.0308. The van der Waals surface area contributed by atoms with Crippen molar-refractivity contribution in [1.82, 2.24) is 25.0 Å². The van der Waals surface area contributed by atoms with Gasteiger partial charge in [-0.15, -0.1) is 11.3 Å². The van der Waals surface area contributed by atoms with Gasteiger partial charge in [0.15, 0.2) is 6.10 Å². The lowest BCUT2D eigenvalue weighted by molar-refractivity contribution is -0.138. The molecular formula is C25H26ClN5O3S. The van der Waals surface area contributed by atoms with Crippen molar-refractivity contribution in [3.63, 3.8) is 0 Å². The van der Waals surface area contributed by atoms with Crippen molar-refractivity contribution in [1.29, 1.82) is 0 Å². The molecule has 0 saturated carbocycles. The molecule has 3 amide bonds. The Morgan fingerprint density at radius 3 is 2.80 bits per heavy atom. The van der Waals surface area contributed by atoms with Crippen LogP contribution in [-0.2, 0) is 17.8 Å². The number of pyridine rings is 1. The van der Waals surface area contributed by atoms with Gasteiger partial charge in [-0.1, -0.05) is 11.6 Å². The Balaban J connectivity index is 1.32. The summed E-state index contributed by atoms with van der Waals surface area (Å²) in [7, 11) is 1.83. The molecule has 2 fully saturated rings. The van der Waals surface area contributed by atoms with Gasteiger partial charge in [0.2, 0.25) is 0 Å². The second-order valence-corrected chi connectivity index (χ2v) is 10.8. The van der Waals surface area contributed by atoms with Crippen molar-refractivity contribution in [3.8, 4) is 16.9 Å². The number of nitrogens with one attached hydrogen (secondary N) is 1. The average molecular weight is 512 g/mol. The van der Waals surface area contributed by atoms with E-state index in [0.717, 1.165) is 63.7 Å². The number of fused-ring (bicyclic) bond motifs is 2. The van der Waals surface area contributed by atoms with Gasteiger partial charge in [0, 0.05) is 85.5 Å². The summed E-state index contributed by atoms with van der Waals surface area (Å²) in [5.74, 6) is 0.755. The Hall–Kier alpha value is -2.88. The highest BCUT2D eigenvalue weighted by molar-refractivity contribution is 7.19. The van der Waals surface area contributed by atoms with Crippen LogP contribution in [0.5, 0.6) is 5.75 Å². The Morgan fingerprint density at radius 1 is 1.20 bits per heavy atom. The van der Waals surface area contributed by atoms with E-state index in [4.69, 9.17) is 16.3 Å². The summed E-state index contributed by atoms with van der Waals surface area (Å²) >= 11 is 8.17. The number of carbonyl (C=O) groups excluding carboxylic acids is 2. The molecule has 0 radical (unpaired) electrons. The third-order valence-electron chi connectivity index (χ3n) is 6.90. The zero-order valence-electron chi connectivity index (χ0n) is 19.4. The second kappa shape index (κ2) is 8.96. The van der Waals surface area contributed by atoms with Crippen molar-refractivity contribution in [2.24, 2.45) is 0 Å². The molecule has 3 aliphatic rings. The molecule has 2 saturated heterocycles. The van der Waals surface area contributed by atoms with Crippen molar-refractivity contribution in [2.75, 3.05) is 46.3 Å². The third kappa shape index (κ3) is 4.11. The molecule has 1 atom stereocenters. The van der Waals surface area contributed by atoms with E-state index in [-0.39, 0.29) is 11.9 Å². The minimum atomic E-state index is -0.533. The number of hydrogen-bond donors (Lipinski definition) is 1. The summed E-state index contributed by atoms with van der Waals surface area (Å²) in [6.45, 7) is 5.03. The summed E-state index contributed by atoms with van der Waals surface area (Å²) in [4.78, 5) is 36.6. The molecule has 6 rings (SSSR count). The van der Waals surface area contributed by atoms with Crippen LogP contribution >= 0.6 is 22.9 Å². The maximum absolute atomic E-state index is 13.1. The highest BCUT2D eigenvalue weighted by Gasteiger charge is 2.35. The van der Waals surface area contributed by atoms with Gasteiger partial charge in [-0.25, -0.2) is 4.79 Å². The van der Waals surface area contributed by atoms with Crippen molar-refractivity contribution >= 4 is 45.1 Å². The van der Waals surface area contributed by atoms with E-state index in [1.54, 1.807) is 22.4 Å². The molecular weight excluding hydrogens is 486 g/mol. The average Bonchev–Trinajstić information content (AvgIpc) is 3.56. The number of ether oxygens (including phenoxy) is 1. The van der Waals surface area contributed by atoms with Crippen LogP contribution < -0.4 is 10.1 Å². The molecule has 10 heteroatoms. The number of likely N-dealkylation sites (N-methyl/N-ethyl adjacent to an activating group) is 1. The van der Waals surface area contributed by atoms with Crippen LogP contribution in [0.1, 0.15) is 10.4 Å². The lowest BCUT2D eigenvalue weighted by Gasteiger charge is -2.29. The fraction of sp³-hybridized carbons (Fsp3) is 0.400. The Kier molecular flexibility index (Phi) is 5.78. The van der Waals surface area contributed by atoms with Crippen LogP contribution in [0.4, 0.5) is 4.79 Å². The highest BCUT2D eigenvalue weighted by Crippen LogP contribution is 2.45. The number of nitrogens with zero attached hydrogens (tertiary/aromatic N) is 4. The summed E-state index contributed by atoms with van der Waals surface area (Å²) < 4.78 is 7.33. The monoisotopic (exact) mass is 511 g/mol. The molecule has 1 aromatic carbocycles. The zero-order valence-corrected chi connectivity index (χ0v) is 21.0. The van der Waals surface area contributed by atoms with Crippen LogP contribution in [0.3, 0.4) is 0 Å². The molecule has 3 aromatic rings. The van der Waals surface area contributed by atoms with Crippen LogP contribution in [0.15, 0.2) is 30.5 Å². The number of rotatable bonds is 4. The predicted octanol–water partition coefficient (Wildman–Crippen LogP) is 3.22. The maximum Gasteiger partial charge on any atom is 0.320 e. The fourth-order valence-electron chi connectivity index (χ4n) is 5.07. The molecule has 1 N–H and O–H groups in total. The SMILES string of the molecule is CN1CCN(Cc2cc3nccc(-c4cc(Cl)cc5c4OC(C(=O)N4CCNCC4)C5)c3s2)C1=O. The maximum atomic E-state index is 13.1. The van der Waals surface area contributed by atoms with Gasteiger partial charge in [-0.2, -0.15) is 0 Å². The summed E-state index contributed by atoms with van der Waals surface area (Å²) in [5, 5.41) is 3.90. The number of carbonyl (C=O) groups is 2. The summed E-state index contributed by atoms with van der Waals surface area (Å²) in [6, 6.07) is 7.89. The van der Waals surface area contributed by atoms with Crippen molar-refractivity contribution < 1.29 is 14.3 Å².